The SMILES string of the molecule is CCOC(CN(C(=O)C(Cc1ccc([N+](=O)[O-])cc1)NC(=O)C(CNC(=O)OCC1c2ccccc2-c2ccccc21)NC(=O)OCc1ccccc1)C(C)C)OCC. The molecule has 5 rings (SSSR count). The lowest BCUT2D eigenvalue weighted by Crippen LogP contribution is -2.59. The highest BCUT2D eigenvalue weighted by Gasteiger charge is 2.34. The van der Waals surface area contributed by atoms with E-state index >= 15 is 0 Å². The Kier molecular flexibility index (Phi) is 15.9. The largest absolute Gasteiger partial charge is 0.449 e. The summed E-state index contributed by atoms with van der Waals surface area (Å²) in [4.78, 5) is 67.3. The number of non-ortho nitro benzene ring substituents is 1. The van der Waals surface area contributed by atoms with Crippen LogP contribution in [-0.2, 0) is 41.6 Å². The molecule has 4 amide bonds. The van der Waals surface area contributed by atoms with Gasteiger partial charge in [-0.25, -0.2) is 9.59 Å². The van der Waals surface area contributed by atoms with E-state index in [1.54, 1.807) is 38.1 Å². The molecule has 1 aliphatic carbocycles. The van der Waals surface area contributed by atoms with Crippen molar-refractivity contribution in [2.24, 2.45) is 0 Å². The molecule has 15 nitrogen and oxygen atoms in total. The molecule has 0 aliphatic heterocycles. The lowest BCUT2D eigenvalue weighted by molar-refractivity contribution is -0.384. The Hall–Kier alpha value is -6.32. The Labute approximate surface area is 343 Å². The number of fused-ring (bicyclic) bond motifs is 3. The first-order valence-corrected chi connectivity index (χ1v) is 19.6. The first-order chi connectivity index (χ1) is 28.5. The number of carbonyl (C=O) groups is 4. The lowest BCUT2D eigenvalue weighted by atomic mass is 9.98. The third-order valence-corrected chi connectivity index (χ3v) is 9.77. The second-order valence-electron chi connectivity index (χ2n) is 14.1. The molecule has 312 valence electrons. The van der Waals surface area contributed by atoms with Crippen LogP contribution in [0.4, 0.5) is 15.3 Å². The number of nitro benzene ring substituents is 1. The Morgan fingerprint density at radius 3 is 1.90 bits per heavy atom. The average Bonchev–Trinajstić information content (AvgIpc) is 3.56. The summed E-state index contributed by atoms with van der Waals surface area (Å²) >= 11 is 0. The third-order valence-electron chi connectivity index (χ3n) is 9.77. The predicted octanol–water partition coefficient (Wildman–Crippen LogP) is 6.09. The standard InChI is InChI=1S/C44H51N5O10/c1-5-56-40(57-6-2)26-48(29(3)4)42(51)38(24-30-20-22-32(23-21-30)49(54)55)46-41(50)39(47-44(53)58-27-31-14-8-7-9-15-31)25-45-43(52)59-28-37-35-18-12-10-16-33(35)34-17-11-13-19-36(34)37/h7-23,29,37-40H,5-6,24-28H2,1-4H3,(H,45,52)(H,46,50)(H,47,53). The number of nitro groups is 1. The normalized spacial score (nSPS) is 12.8. The highest BCUT2D eigenvalue weighted by molar-refractivity contribution is 5.92. The number of nitrogens with zero attached hydrogens (tertiary/aromatic N) is 2. The molecule has 0 saturated carbocycles. The zero-order valence-corrected chi connectivity index (χ0v) is 33.6. The highest BCUT2D eigenvalue weighted by atomic mass is 16.7. The molecule has 4 aromatic carbocycles. The number of nitrogens with one attached hydrogen (secondary N) is 3. The zero-order valence-electron chi connectivity index (χ0n) is 33.6. The van der Waals surface area contributed by atoms with Crippen molar-refractivity contribution in [3.05, 3.63) is 135 Å². The molecule has 0 spiro atoms. The molecular formula is C44H51N5O10. The van der Waals surface area contributed by atoms with E-state index in [4.69, 9.17) is 18.9 Å². The van der Waals surface area contributed by atoms with Crippen molar-refractivity contribution < 1.29 is 43.0 Å². The molecule has 1 aliphatic rings. The fraction of sp³-hybridized carbons (Fsp3) is 0.364. The molecule has 0 aromatic heterocycles. The van der Waals surface area contributed by atoms with Gasteiger partial charge in [-0.1, -0.05) is 91.0 Å². The molecule has 2 unspecified atom stereocenters. The topological polar surface area (TPSA) is 188 Å². The van der Waals surface area contributed by atoms with Crippen LogP contribution in [0, 0.1) is 10.1 Å². The van der Waals surface area contributed by atoms with Gasteiger partial charge in [0, 0.05) is 43.7 Å². The predicted molar refractivity (Wildman–Crippen MR) is 219 cm³/mol. The van der Waals surface area contributed by atoms with Crippen LogP contribution in [0.1, 0.15) is 55.9 Å². The van der Waals surface area contributed by atoms with E-state index in [0.29, 0.717) is 24.3 Å². The van der Waals surface area contributed by atoms with Crippen LogP contribution in [0.25, 0.3) is 11.1 Å². The summed E-state index contributed by atoms with van der Waals surface area (Å²) in [5.41, 5.74) is 5.26. The fourth-order valence-electron chi connectivity index (χ4n) is 6.85. The molecule has 0 fully saturated rings. The van der Waals surface area contributed by atoms with Gasteiger partial charge in [0.05, 0.1) is 18.0 Å². The number of rotatable bonds is 20. The van der Waals surface area contributed by atoms with Gasteiger partial charge in [0.1, 0.15) is 25.3 Å². The van der Waals surface area contributed by atoms with Crippen LogP contribution in [-0.4, -0.2) is 91.1 Å². The van der Waals surface area contributed by atoms with E-state index in [0.717, 1.165) is 22.3 Å². The van der Waals surface area contributed by atoms with Crippen molar-refractivity contribution in [2.45, 2.75) is 71.1 Å². The molecule has 0 bridgehead atoms. The lowest BCUT2D eigenvalue weighted by Gasteiger charge is -2.34. The summed E-state index contributed by atoms with van der Waals surface area (Å²) in [5.74, 6) is -1.51. The minimum atomic E-state index is -1.43. The van der Waals surface area contributed by atoms with Gasteiger partial charge in [0.15, 0.2) is 6.29 Å². The van der Waals surface area contributed by atoms with Crippen molar-refractivity contribution in [1.82, 2.24) is 20.9 Å². The summed E-state index contributed by atoms with van der Waals surface area (Å²) in [5, 5.41) is 19.2. The first-order valence-electron chi connectivity index (χ1n) is 19.6. The van der Waals surface area contributed by atoms with E-state index in [1.807, 2.05) is 68.4 Å². The van der Waals surface area contributed by atoms with Gasteiger partial charge in [-0.2, -0.15) is 0 Å². The minimum absolute atomic E-state index is 0.0185. The second-order valence-corrected chi connectivity index (χ2v) is 14.1. The quantitative estimate of drug-likeness (QED) is 0.0536. The smallest absolute Gasteiger partial charge is 0.408 e. The van der Waals surface area contributed by atoms with E-state index in [1.165, 1.54) is 29.2 Å². The Morgan fingerprint density at radius 2 is 1.32 bits per heavy atom. The van der Waals surface area contributed by atoms with Crippen molar-refractivity contribution in [2.75, 3.05) is 32.9 Å². The summed E-state index contributed by atoms with van der Waals surface area (Å²) in [7, 11) is 0. The molecule has 0 heterocycles. The Bertz CT molecular complexity index is 1990. The number of amides is 4. The van der Waals surface area contributed by atoms with Crippen molar-refractivity contribution >= 4 is 29.7 Å². The van der Waals surface area contributed by atoms with Gasteiger partial charge in [-0.3, -0.25) is 19.7 Å². The van der Waals surface area contributed by atoms with Gasteiger partial charge in [-0.15, -0.1) is 0 Å². The first kappa shape index (κ1) is 43.8. The average molecular weight is 810 g/mol. The maximum atomic E-state index is 14.4. The Balaban J connectivity index is 1.35. The molecule has 3 N–H and O–H groups in total. The second kappa shape index (κ2) is 21.4. The van der Waals surface area contributed by atoms with Crippen LogP contribution in [0.5, 0.6) is 0 Å². The third kappa shape index (κ3) is 12.1. The maximum absolute atomic E-state index is 14.4. The number of ether oxygens (including phenoxy) is 4. The minimum Gasteiger partial charge on any atom is -0.449 e. The van der Waals surface area contributed by atoms with Gasteiger partial charge < -0.3 is 39.8 Å². The highest BCUT2D eigenvalue weighted by Crippen LogP contribution is 2.44. The maximum Gasteiger partial charge on any atom is 0.408 e. The van der Waals surface area contributed by atoms with Gasteiger partial charge in [0.25, 0.3) is 5.69 Å². The number of benzene rings is 4. The summed E-state index contributed by atoms with van der Waals surface area (Å²) in [6, 6.07) is 27.4. The van der Waals surface area contributed by atoms with E-state index < -0.39 is 53.8 Å². The summed E-state index contributed by atoms with van der Waals surface area (Å²) in [6.07, 6.45) is -2.58. The van der Waals surface area contributed by atoms with Gasteiger partial charge >= 0.3 is 12.2 Å². The number of hydrogen-bond donors (Lipinski definition) is 3. The Morgan fingerprint density at radius 1 is 0.729 bits per heavy atom. The van der Waals surface area contributed by atoms with Gasteiger partial charge in [0.2, 0.25) is 11.8 Å². The van der Waals surface area contributed by atoms with E-state index in [9.17, 15) is 29.3 Å². The van der Waals surface area contributed by atoms with Crippen molar-refractivity contribution in [3.8, 4) is 11.1 Å². The van der Waals surface area contributed by atoms with Crippen molar-refractivity contribution in [1.29, 1.82) is 0 Å². The molecule has 2 atom stereocenters. The summed E-state index contributed by atoms with van der Waals surface area (Å²) in [6.45, 7) is 7.44. The van der Waals surface area contributed by atoms with Crippen molar-refractivity contribution in [3.63, 3.8) is 0 Å². The van der Waals surface area contributed by atoms with E-state index in [-0.39, 0.29) is 43.8 Å². The molecule has 0 radical (unpaired) electrons. The van der Waals surface area contributed by atoms with Crippen LogP contribution in [0.2, 0.25) is 0 Å². The monoisotopic (exact) mass is 809 g/mol. The van der Waals surface area contributed by atoms with E-state index in [2.05, 4.69) is 16.0 Å². The van der Waals surface area contributed by atoms with Crippen LogP contribution in [0.3, 0.4) is 0 Å². The van der Waals surface area contributed by atoms with Crippen LogP contribution >= 0.6 is 0 Å². The molecule has 4 aromatic rings. The van der Waals surface area contributed by atoms with Crippen LogP contribution < -0.4 is 16.0 Å². The summed E-state index contributed by atoms with van der Waals surface area (Å²) < 4.78 is 22.5. The molecule has 59 heavy (non-hydrogen) atoms. The van der Waals surface area contributed by atoms with Gasteiger partial charge in [-0.05, 0) is 61.1 Å². The fourth-order valence-corrected chi connectivity index (χ4v) is 6.85. The number of alkyl carbamates (subject to hydrolysis) is 2. The number of carbonyl (C=O) groups excluding carboxylic acids is 4. The molecule has 0 saturated heterocycles. The molecule has 15 heteroatoms. The molecular weight excluding hydrogens is 759 g/mol. The zero-order chi connectivity index (χ0) is 42.3. The van der Waals surface area contributed by atoms with Crippen LogP contribution in [0.15, 0.2) is 103 Å². The number of hydrogen-bond acceptors (Lipinski definition) is 10.